The topological polar surface area (TPSA) is 121 Å². The highest BCUT2D eigenvalue weighted by Gasteiger charge is 2.36. The molecule has 176 valence electrons. The number of furan rings is 1. The Morgan fingerprint density at radius 3 is 2.68 bits per heavy atom. The van der Waals surface area contributed by atoms with Crippen molar-refractivity contribution in [2.45, 2.75) is 33.3 Å². The maximum Gasteiger partial charge on any atom is 0.339 e. The summed E-state index contributed by atoms with van der Waals surface area (Å²) >= 11 is 6.15. The zero-order valence-electron chi connectivity index (χ0n) is 18.9. The molecule has 1 aromatic heterocycles. The van der Waals surface area contributed by atoms with Gasteiger partial charge in [-0.15, -0.1) is 0 Å². The van der Waals surface area contributed by atoms with Gasteiger partial charge in [-0.25, -0.2) is 4.79 Å². The second-order valence-corrected chi connectivity index (χ2v) is 8.18. The largest absolute Gasteiger partial charge is 0.462 e. The normalized spacial score (nSPS) is 16.1. The van der Waals surface area contributed by atoms with E-state index in [4.69, 9.17) is 20.8 Å². The van der Waals surface area contributed by atoms with E-state index in [1.54, 1.807) is 30.3 Å². The van der Waals surface area contributed by atoms with Gasteiger partial charge in [0.2, 0.25) is 0 Å². The van der Waals surface area contributed by atoms with Crippen LogP contribution in [-0.2, 0) is 14.3 Å². The van der Waals surface area contributed by atoms with Gasteiger partial charge < -0.3 is 14.3 Å². The number of halogens is 1. The van der Waals surface area contributed by atoms with Gasteiger partial charge in [0.15, 0.2) is 0 Å². The Balaban J connectivity index is 1.97. The molecule has 0 bridgehead atoms. The first-order chi connectivity index (χ1) is 16.2. The molecule has 2 heterocycles. The van der Waals surface area contributed by atoms with Crippen LogP contribution < -0.4 is 0 Å². The highest BCUT2D eigenvalue weighted by Crippen LogP contribution is 2.31. The molecule has 1 aliphatic heterocycles. The van der Waals surface area contributed by atoms with E-state index in [0.29, 0.717) is 23.5 Å². The van der Waals surface area contributed by atoms with Crippen LogP contribution in [0.2, 0.25) is 5.02 Å². The number of rotatable bonds is 7. The summed E-state index contributed by atoms with van der Waals surface area (Å²) < 4.78 is 11.0. The zero-order chi connectivity index (χ0) is 25.0. The van der Waals surface area contributed by atoms with E-state index in [9.17, 15) is 24.8 Å². The van der Waals surface area contributed by atoms with E-state index >= 15 is 0 Å². The summed E-state index contributed by atoms with van der Waals surface area (Å²) in [4.78, 5) is 38.6. The number of benzene rings is 1. The molecule has 0 spiro atoms. The Morgan fingerprint density at radius 1 is 1.29 bits per heavy atom. The van der Waals surface area contributed by atoms with Crippen LogP contribution in [-0.4, -0.2) is 47.0 Å². The van der Waals surface area contributed by atoms with E-state index < -0.39 is 23.9 Å². The molecule has 9 heteroatoms. The number of imide groups is 1. The van der Waals surface area contributed by atoms with Crippen molar-refractivity contribution in [2.24, 2.45) is 0 Å². The quantitative estimate of drug-likeness (QED) is 0.357. The molecule has 0 aliphatic carbocycles. The van der Waals surface area contributed by atoms with Crippen molar-refractivity contribution < 1.29 is 28.6 Å². The van der Waals surface area contributed by atoms with Crippen molar-refractivity contribution in [3.63, 3.8) is 0 Å². The number of aliphatic hydroxyl groups excluding tert-OH is 1. The van der Waals surface area contributed by atoms with Crippen LogP contribution in [0.5, 0.6) is 0 Å². The molecule has 1 aliphatic rings. The van der Waals surface area contributed by atoms with Crippen molar-refractivity contribution in [1.29, 1.82) is 5.26 Å². The highest BCUT2D eigenvalue weighted by atomic mass is 35.5. The van der Waals surface area contributed by atoms with E-state index in [-0.39, 0.29) is 40.5 Å². The Hall–Kier alpha value is -3.67. The predicted molar refractivity (Wildman–Crippen MR) is 124 cm³/mol. The lowest BCUT2D eigenvalue weighted by molar-refractivity contribution is -0.141. The Labute approximate surface area is 201 Å². The summed E-state index contributed by atoms with van der Waals surface area (Å²) in [5.74, 6) is -1.20. The van der Waals surface area contributed by atoms with E-state index in [1.165, 1.54) is 19.9 Å². The highest BCUT2D eigenvalue weighted by molar-refractivity contribution is 6.33. The number of hydrogen-bond donors (Lipinski definition) is 1. The van der Waals surface area contributed by atoms with Crippen LogP contribution >= 0.6 is 11.6 Å². The minimum atomic E-state index is -0.953. The van der Waals surface area contributed by atoms with Crippen LogP contribution in [0, 0.1) is 11.3 Å². The fourth-order valence-electron chi connectivity index (χ4n) is 3.40. The lowest BCUT2D eigenvalue weighted by atomic mass is 9.94. The molecule has 2 aromatic rings. The summed E-state index contributed by atoms with van der Waals surface area (Å²) in [6, 6.07) is 9.92. The molecule has 34 heavy (non-hydrogen) atoms. The van der Waals surface area contributed by atoms with E-state index in [2.05, 4.69) is 0 Å². The third kappa shape index (κ3) is 5.11. The average molecular weight is 483 g/mol. The number of carbonyl (C=O) groups is 3. The minimum absolute atomic E-state index is 0.109. The summed E-state index contributed by atoms with van der Waals surface area (Å²) in [5, 5.41) is 19.3. The third-order valence-corrected chi connectivity index (χ3v) is 5.42. The molecular formula is C25H23ClN2O6. The molecule has 0 saturated heterocycles. The van der Waals surface area contributed by atoms with Crippen LogP contribution in [0.15, 0.2) is 51.5 Å². The zero-order valence-corrected chi connectivity index (χ0v) is 19.7. The van der Waals surface area contributed by atoms with Gasteiger partial charge in [-0.1, -0.05) is 18.5 Å². The van der Waals surface area contributed by atoms with Gasteiger partial charge in [0, 0.05) is 11.1 Å². The van der Waals surface area contributed by atoms with E-state index in [0.717, 1.165) is 4.90 Å². The summed E-state index contributed by atoms with van der Waals surface area (Å²) in [7, 11) is 0. The SMILES string of the molecule is CCCOC(=O)c1cc(-c2ccc(/C=C3/C(=O)N(C[C@@H](C)O)C(=O)C(C#N)=C3C)o2)ccc1Cl. The van der Waals surface area contributed by atoms with Crippen molar-refractivity contribution >= 4 is 35.5 Å². The van der Waals surface area contributed by atoms with Gasteiger partial charge in [0.05, 0.1) is 29.8 Å². The molecule has 8 nitrogen and oxygen atoms in total. The van der Waals surface area contributed by atoms with Crippen molar-refractivity contribution in [3.05, 3.63) is 63.4 Å². The van der Waals surface area contributed by atoms with Gasteiger partial charge in [-0.3, -0.25) is 14.5 Å². The summed E-state index contributed by atoms with van der Waals surface area (Å²) in [6.45, 7) is 4.88. The van der Waals surface area contributed by atoms with Crippen LogP contribution in [0.1, 0.15) is 43.3 Å². The Morgan fingerprint density at radius 2 is 2.03 bits per heavy atom. The van der Waals surface area contributed by atoms with Crippen LogP contribution in [0.4, 0.5) is 0 Å². The monoisotopic (exact) mass is 482 g/mol. The molecule has 1 N–H and O–H groups in total. The number of nitriles is 1. The second kappa shape index (κ2) is 10.5. The summed E-state index contributed by atoms with van der Waals surface area (Å²) in [5.41, 5.74) is 0.938. The Bertz CT molecular complexity index is 1250. The van der Waals surface area contributed by atoms with Crippen molar-refractivity contribution in [2.75, 3.05) is 13.2 Å². The average Bonchev–Trinajstić information content (AvgIpc) is 3.27. The molecule has 0 fully saturated rings. The van der Waals surface area contributed by atoms with Crippen molar-refractivity contribution in [3.8, 4) is 17.4 Å². The predicted octanol–water partition coefficient (Wildman–Crippen LogP) is 4.14. The number of esters is 1. The van der Waals surface area contributed by atoms with Crippen LogP contribution in [0.25, 0.3) is 17.4 Å². The van der Waals surface area contributed by atoms with Gasteiger partial charge in [0.25, 0.3) is 11.8 Å². The number of nitrogens with zero attached hydrogens (tertiary/aromatic N) is 2. The Kier molecular flexibility index (Phi) is 7.72. The molecule has 1 aromatic carbocycles. The molecule has 2 amide bonds. The van der Waals surface area contributed by atoms with Gasteiger partial charge in [0.1, 0.15) is 23.2 Å². The third-order valence-electron chi connectivity index (χ3n) is 5.09. The number of hydrogen-bond acceptors (Lipinski definition) is 7. The minimum Gasteiger partial charge on any atom is -0.462 e. The molecule has 0 saturated carbocycles. The number of ether oxygens (including phenoxy) is 1. The lowest BCUT2D eigenvalue weighted by Gasteiger charge is -2.28. The maximum atomic E-state index is 12.9. The summed E-state index contributed by atoms with van der Waals surface area (Å²) in [6.07, 6.45) is 1.16. The number of amides is 2. The first kappa shape index (κ1) is 25.0. The standard InChI is InChI=1S/C25H23ClN2O6/c1-4-9-33-25(32)19-10-16(5-7-21(19)26)22-8-6-17(34-22)11-18-15(3)20(12-27)24(31)28(23(18)30)13-14(2)29/h5-8,10-11,14,29H,4,9,13H2,1-3H3/b18-11+/t14-/m1/s1. The van der Waals surface area contributed by atoms with Crippen LogP contribution in [0.3, 0.4) is 0 Å². The molecule has 0 radical (unpaired) electrons. The number of aliphatic hydroxyl groups is 1. The maximum absolute atomic E-state index is 12.9. The molecular weight excluding hydrogens is 460 g/mol. The van der Waals surface area contributed by atoms with Gasteiger partial charge in [-0.2, -0.15) is 5.26 Å². The number of β-amino-alcohol motifs (C(OH)–C–C–N with tert-alkyl or cyclic N) is 1. The molecule has 3 rings (SSSR count). The van der Waals surface area contributed by atoms with Gasteiger partial charge >= 0.3 is 5.97 Å². The lowest BCUT2D eigenvalue weighted by Crippen LogP contribution is -2.45. The second-order valence-electron chi connectivity index (χ2n) is 7.77. The molecule has 0 unspecified atom stereocenters. The first-order valence-electron chi connectivity index (χ1n) is 10.6. The number of carbonyl (C=O) groups excluding carboxylic acids is 3. The van der Waals surface area contributed by atoms with Crippen molar-refractivity contribution in [1.82, 2.24) is 4.90 Å². The smallest absolute Gasteiger partial charge is 0.339 e. The fourth-order valence-corrected chi connectivity index (χ4v) is 3.59. The first-order valence-corrected chi connectivity index (χ1v) is 11.0. The molecule has 1 atom stereocenters. The fraction of sp³-hybridized carbons (Fsp3) is 0.280. The van der Waals surface area contributed by atoms with Gasteiger partial charge in [-0.05, 0) is 62.2 Å². The van der Waals surface area contributed by atoms with E-state index in [1.807, 2.05) is 13.0 Å².